The van der Waals surface area contributed by atoms with Crippen molar-refractivity contribution >= 4 is 0 Å². The summed E-state index contributed by atoms with van der Waals surface area (Å²) >= 11 is 0. The number of ether oxygens (including phenoxy) is 4. The van der Waals surface area contributed by atoms with Crippen LogP contribution in [0, 0.1) is 0 Å². The number of hydrogen-bond donors (Lipinski definition) is 1. The first-order valence-corrected chi connectivity index (χ1v) is 7.75. The highest BCUT2D eigenvalue weighted by molar-refractivity contribution is 4.75. The van der Waals surface area contributed by atoms with Gasteiger partial charge in [-0.3, -0.25) is 0 Å². The van der Waals surface area contributed by atoms with Crippen LogP contribution < -0.4 is 5.32 Å². The summed E-state index contributed by atoms with van der Waals surface area (Å²) in [5.74, 6) is 0. The van der Waals surface area contributed by atoms with Gasteiger partial charge in [-0.05, 0) is 19.3 Å². The topological polar surface area (TPSA) is 49.0 Å². The molecular formula is C15H31NO4. The lowest BCUT2D eigenvalue weighted by Gasteiger charge is -2.16. The van der Waals surface area contributed by atoms with E-state index in [2.05, 4.69) is 19.2 Å². The third kappa shape index (κ3) is 8.87. The van der Waals surface area contributed by atoms with Crippen molar-refractivity contribution in [3.05, 3.63) is 0 Å². The molecule has 0 aromatic carbocycles. The molecule has 0 radical (unpaired) electrons. The number of hydrogen-bond acceptors (Lipinski definition) is 5. The summed E-state index contributed by atoms with van der Waals surface area (Å²) in [7, 11) is 1.68. The molecule has 1 N–H and O–H groups in total. The summed E-state index contributed by atoms with van der Waals surface area (Å²) in [6, 6.07) is 0.520. The van der Waals surface area contributed by atoms with Crippen LogP contribution >= 0.6 is 0 Å². The van der Waals surface area contributed by atoms with E-state index in [1.165, 1.54) is 0 Å². The molecule has 0 aromatic heterocycles. The Hall–Kier alpha value is -0.200. The molecule has 0 aromatic rings. The van der Waals surface area contributed by atoms with Gasteiger partial charge >= 0.3 is 0 Å². The maximum Gasteiger partial charge on any atom is 0.0813 e. The van der Waals surface area contributed by atoms with Gasteiger partial charge in [0.15, 0.2) is 0 Å². The van der Waals surface area contributed by atoms with Gasteiger partial charge in [-0.25, -0.2) is 0 Å². The van der Waals surface area contributed by atoms with Gasteiger partial charge in [0.05, 0.1) is 32.0 Å². The molecule has 0 saturated carbocycles. The van der Waals surface area contributed by atoms with E-state index < -0.39 is 0 Å². The van der Waals surface area contributed by atoms with Crippen molar-refractivity contribution in [2.45, 2.75) is 51.4 Å². The average molecular weight is 289 g/mol. The second-order valence-corrected chi connectivity index (χ2v) is 5.55. The normalized spacial score (nSPS) is 22.8. The maximum absolute atomic E-state index is 5.94. The Bertz CT molecular complexity index is 226. The lowest BCUT2D eigenvalue weighted by Crippen LogP contribution is -2.32. The van der Waals surface area contributed by atoms with Gasteiger partial charge < -0.3 is 24.3 Å². The standard InChI is InChI=1S/C15H31NO4/c1-13(2)16-11-14-5-6-15(20-14)12-19-8-4-7-18-10-9-17-3/h13-16H,4-12H2,1-3H3. The zero-order chi connectivity index (χ0) is 14.6. The van der Waals surface area contributed by atoms with Crippen molar-refractivity contribution in [1.82, 2.24) is 5.32 Å². The van der Waals surface area contributed by atoms with E-state index in [1.54, 1.807) is 7.11 Å². The fraction of sp³-hybridized carbons (Fsp3) is 1.00. The molecule has 1 aliphatic heterocycles. The minimum Gasteiger partial charge on any atom is -0.382 e. The van der Waals surface area contributed by atoms with Crippen LogP contribution in [0.4, 0.5) is 0 Å². The fourth-order valence-corrected chi connectivity index (χ4v) is 2.14. The Morgan fingerprint density at radius 2 is 1.80 bits per heavy atom. The molecular weight excluding hydrogens is 258 g/mol. The zero-order valence-electron chi connectivity index (χ0n) is 13.2. The molecule has 20 heavy (non-hydrogen) atoms. The van der Waals surface area contributed by atoms with Crippen molar-refractivity contribution < 1.29 is 18.9 Å². The lowest BCUT2D eigenvalue weighted by molar-refractivity contribution is -0.0199. The van der Waals surface area contributed by atoms with Gasteiger partial charge in [0, 0.05) is 32.9 Å². The van der Waals surface area contributed by atoms with E-state index in [1.807, 2.05) is 0 Å². The van der Waals surface area contributed by atoms with Crippen molar-refractivity contribution in [2.24, 2.45) is 0 Å². The second-order valence-electron chi connectivity index (χ2n) is 5.55. The molecule has 5 heteroatoms. The minimum absolute atomic E-state index is 0.267. The van der Waals surface area contributed by atoms with Crippen LogP contribution in [-0.4, -0.2) is 64.9 Å². The van der Waals surface area contributed by atoms with Gasteiger partial charge in [0.25, 0.3) is 0 Å². The quantitative estimate of drug-likeness (QED) is 0.553. The molecule has 1 aliphatic rings. The summed E-state index contributed by atoms with van der Waals surface area (Å²) in [4.78, 5) is 0. The average Bonchev–Trinajstić information content (AvgIpc) is 2.87. The summed E-state index contributed by atoms with van der Waals surface area (Å²) in [5, 5.41) is 3.42. The Morgan fingerprint density at radius 1 is 1.05 bits per heavy atom. The molecule has 5 nitrogen and oxygen atoms in total. The molecule has 1 heterocycles. The predicted octanol–water partition coefficient (Wildman–Crippen LogP) is 1.60. The Balaban J connectivity index is 1.88. The summed E-state index contributed by atoms with van der Waals surface area (Å²) < 4.78 is 21.9. The predicted molar refractivity (Wildman–Crippen MR) is 79.2 cm³/mol. The minimum atomic E-state index is 0.267. The van der Waals surface area contributed by atoms with E-state index in [9.17, 15) is 0 Å². The molecule has 1 fully saturated rings. The third-order valence-electron chi connectivity index (χ3n) is 3.26. The van der Waals surface area contributed by atoms with Crippen LogP contribution in [-0.2, 0) is 18.9 Å². The molecule has 0 bridgehead atoms. The molecule has 0 aliphatic carbocycles. The van der Waals surface area contributed by atoms with Gasteiger partial charge in [0.2, 0.25) is 0 Å². The van der Waals surface area contributed by atoms with E-state index in [0.717, 1.165) is 39.0 Å². The molecule has 1 rings (SSSR count). The van der Waals surface area contributed by atoms with Crippen molar-refractivity contribution in [2.75, 3.05) is 46.7 Å². The first-order chi connectivity index (χ1) is 9.72. The van der Waals surface area contributed by atoms with E-state index in [-0.39, 0.29) is 6.10 Å². The van der Waals surface area contributed by atoms with Crippen LogP contribution in [0.3, 0.4) is 0 Å². The number of nitrogens with one attached hydrogen (secondary N) is 1. The van der Waals surface area contributed by atoms with Crippen LogP contribution in [0.15, 0.2) is 0 Å². The molecule has 2 unspecified atom stereocenters. The van der Waals surface area contributed by atoms with Gasteiger partial charge in [-0.2, -0.15) is 0 Å². The molecule has 0 spiro atoms. The van der Waals surface area contributed by atoms with Crippen molar-refractivity contribution in [1.29, 1.82) is 0 Å². The smallest absolute Gasteiger partial charge is 0.0813 e. The Labute approximate surface area is 123 Å². The highest BCUT2D eigenvalue weighted by Gasteiger charge is 2.24. The van der Waals surface area contributed by atoms with Gasteiger partial charge in [0.1, 0.15) is 0 Å². The van der Waals surface area contributed by atoms with Crippen LogP contribution in [0.25, 0.3) is 0 Å². The number of methoxy groups -OCH3 is 1. The van der Waals surface area contributed by atoms with Crippen molar-refractivity contribution in [3.63, 3.8) is 0 Å². The van der Waals surface area contributed by atoms with Gasteiger partial charge in [-0.1, -0.05) is 13.8 Å². The number of rotatable bonds is 12. The Kier molecular flexibility index (Phi) is 10.2. The van der Waals surface area contributed by atoms with Crippen LogP contribution in [0.1, 0.15) is 33.1 Å². The van der Waals surface area contributed by atoms with E-state index >= 15 is 0 Å². The molecule has 2 atom stereocenters. The third-order valence-corrected chi connectivity index (χ3v) is 3.26. The van der Waals surface area contributed by atoms with E-state index in [4.69, 9.17) is 18.9 Å². The second kappa shape index (κ2) is 11.5. The lowest BCUT2D eigenvalue weighted by atomic mass is 10.2. The molecule has 1 saturated heterocycles. The highest BCUT2D eigenvalue weighted by atomic mass is 16.5. The highest BCUT2D eigenvalue weighted by Crippen LogP contribution is 2.19. The Morgan fingerprint density at radius 3 is 2.55 bits per heavy atom. The largest absolute Gasteiger partial charge is 0.382 e. The summed E-state index contributed by atoms with van der Waals surface area (Å²) in [6.07, 6.45) is 3.78. The first kappa shape index (κ1) is 17.9. The van der Waals surface area contributed by atoms with E-state index in [0.29, 0.717) is 32.0 Å². The summed E-state index contributed by atoms with van der Waals surface area (Å²) in [6.45, 7) is 8.75. The maximum atomic E-state index is 5.94. The monoisotopic (exact) mass is 289 g/mol. The molecule has 120 valence electrons. The van der Waals surface area contributed by atoms with Gasteiger partial charge in [-0.15, -0.1) is 0 Å². The zero-order valence-corrected chi connectivity index (χ0v) is 13.2. The fourth-order valence-electron chi connectivity index (χ4n) is 2.14. The molecule has 0 amide bonds. The first-order valence-electron chi connectivity index (χ1n) is 7.75. The summed E-state index contributed by atoms with van der Waals surface area (Å²) in [5.41, 5.74) is 0. The van der Waals surface area contributed by atoms with Crippen molar-refractivity contribution in [3.8, 4) is 0 Å². The van der Waals surface area contributed by atoms with Crippen LogP contribution in [0.5, 0.6) is 0 Å². The SMILES string of the molecule is COCCOCCCOCC1CCC(CNC(C)C)O1. The van der Waals surface area contributed by atoms with Crippen LogP contribution in [0.2, 0.25) is 0 Å².